The van der Waals surface area contributed by atoms with Gasteiger partial charge >= 0.3 is 0 Å². The Labute approximate surface area is 116 Å². The van der Waals surface area contributed by atoms with E-state index in [2.05, 4.69) is 23.2 Å². The van der Waals surface area contributed by atoms with Crippen molar-refractivity contribution in [3.8, 4) is 5.75 Å². The molecule has 19 heavy (non-hydrogen) atoms. The Morgan fingerprint density at radius 1 is 1.42 bits per heavy atom. The van der Waals surface area contributed by atoms with E-state index < -0.39 is 0 Å². The third-order valence-electron chi connectivity index (χ3n) is 2.92. The fourth-order valence-electron chi connectivity index (χ4n) is 2.02. The first kappa shape index (κ1) is 16.0. The Balaban J connectivity index is 2.35. The van der Waals surface area contributed by atoms with Crippen LogP contribution in [0.2, 0.25) is 0 Å². The fraction of sp³-hybridized carbons (Fsp3) is 0.600. The molecule has 4 heteroatoms. The lowest BCUT2D eigenvalue weighted by atomic mass is 10.2. The first-order valence-corrected chi connectivity index (χ1v) is 6.86. The van der Waals surface area contributed by atoms with Gasteiger partial charge < -0.3 is 15.2 Å². The Kier molecular flexibility index (Phi) is 7.48. The lowest BCUT2D eigenvalue weighted by Gasteiger charge is -2.21. The van der Waals surface area contributed by atoms with Crippen LogP contribution in [-0.2, 0) is 6.54 Å². The SMILES string of the molecule is CCCNCC(O)CN(C)Cc1cccc(OC)c1. The number of ether oxygens (including phenoxy) is 1. The molecule has 0 aliphatic rings. The Hall–Kier alpha value is -1.10. The molecule has 0 aliphatic heterocycles. The molecule has 1 rings (SSSR count). The maximum Gasteiger partial charge on any atom is 0.119 e. The standard InChI is InChI=1S/C15H26N2O2/c1-4-8-16-10-14(18)12-17(2)11-13-6-5-7-15(9-13)19-3/h5-7,9,14,16,18H,4,8,10-12H2,1-3H3. The van der Waals surface area contributed by atoms with E-state index in [4.69, 9.17) is 4.74 Å². The van der Waals surface area contributed by atoms with Crippen LogP contribution in [-0.4, -0.2) is 49.9 Å². The highest BCUT2D eigenvalue weighted by atomic mass is 16.5. The van der Waals surface area contributed by atoms with Crippen molar-refractivity contribution < 1.29 is 9.84 Å². The number of benzene rings is 1. The minimum atomic E-state index is -0.331. The van der Waals surface area contributed by atoms with E-state index in [0.717, 1.165) is 25.3 Å². The highest BCUT2D eigenvalue weighted by Gasteiger charge is 2.08. The van der Waals surface area contributed by atoms with Gasteiger partial charge in [-0.15, -0.1) is 0 Å². The highest BCUT2D eigenvalue weighted by Crippen LogP contribution is 2.13. The van der Waals surface area contributed by atoms with Gasteiger partial charge in [-0.1, -0.05) is 19.1 Å². The van der Waals surface area contributed by atoms with Crippen LogP contribution in [0, 0.1) is 0 Å². The van der Waals surface area contributed by atoms with E-state index in [1.54, 1.807) is 7.11 Å². The summed E-state index contributed by atoms with van der Waals surface area (Å²) in [5, 5.41) is 13.1. The van der Waals surface area contributed by atoms with Gasteiger partial charge in [-0.25, -0.2) is 0 Å². The van der Waals surface area contributed by atoms with Crippen molar-refractivity contribution in [2.24, 2.45) is 0 Å². The van der Waals surface area contributed by atoms with Gasteiger partial charge in [-0.05, 0) is 37.7 Å². The zero-order chi connectivity index (χ0) is 14.1. The van der Waals surface area contributed by atoms with Crippen LogP contribution in [0.4, 0.5) is 0 Å². The van der Waals surface area contributed by atoms with Crippen LogP contribution in [0.15, 0.2) is 24.3 Å². The van der Waals surface area contributed by atoms with Crippen LogP contribution in [0.5, 0.6) is 5.75 Å². The average Bonchev–Trinajstić information content (AvgIpc) is 2.39. The number of nitrogens with one attached hydrogen (secondary N) is 1. The van der Waals surface area contributed by atoms with Gasteiger partial charge in [0.1, 0.15) is 5.75 Å². The van der Waals surface area contributed by atoms with Crippen LogP contribution < -0.4 is 10.1 Å². The van der Waals surface area contributed by atoms with E-state index >= 15 is 0 Å². The predicted octanol–water partition coefficient (Wildman–Crippen LogP) is 1.49. The quantitative estimate of drug-likeness (QED) is 0.665. The zero-order valence-electron chi connectivity index (χ0n) is 12.2. The third kappa shape index (κ3) is 6.57. The first-order chi connectivity index (χ1) is 9.15. The van der Waals surface area contributed by atoms with Gasteiger partial charge in [0.2, 0.25) is 0 Å². The van der Waals surface area contributed by atoms with Gasteiger partial charge in [0, 0.05) is 19.6 Å². The smallest absolute Gasteiger partial charge is 0.119 e. The number of aliphatic hydroxyl groups excluding tert-OH is 1. The van der Waals surface area contributed by atoms with Crippen molar-refractivity contribution >= 4 is 0 Å². The number of likely N-dealkylation sites (N-methyl/N-ethyl adjacent to an activating group) is 1. The van der Waals surface area contributed by atoms with Crippen molar-refractivity contribution in [2.75, 3.05) is 33.8 Å². The van der Waals surface area contributed by atoms with Crippen molar-refractivity contribution in [3.05, 3.63) is 29.8 Å². The molecule has 0 saturated heterocycles. The molecule has 0 heterocycles. The lowest BCUT2D eigenvalue weighted by molar-refractivity contribution is 0.121. The third-order valence-corrected chi connectivity index (χ3v) is 2.92. The molecule has 4 nitrogen and oxygen atoms in total. The van der Waals surface area contributed by atoms with Gasteiger partial charge in [0.05, 0.1) is 13.2 Å². The van der Waals surface area contributed by atoms with Crippen LogP contribution in [0.1, 0.15) is 18.9 Å². The summed E-state index contributed by atoms with van der Waals surface area (Å²) in [6.07, 6.45) is 0.758. The summed E-state index contributed by atoms with van der Waals surface area (Å²) >= 11 is 0. The topological polar surface area (TPSA) is 44.7 Å². The minimum Gasteiger partial charge on any atom is -0.497 e. The molecular formula is C15H26N2O2. The predicted molar refractivity (Wildman–Crippen MR) is 78.5 cm³/mol. The molecule has 0 aliphatic carbocycles. The molecule has 0 saturated carbocycles. The summed E-state index contributed by atoms with van der Waals surface area (Å²) in [6.45, 7) is 5.19. The van der Waals surface area contributed by atoms with Gasteiger partial charge in [-0.3, -0.25) is 4.90 Å². The van der Waals surface area contributed by atoms with Crippen LogP contribution in [0.3, 0.4) is 0 Å². The monoisotopic (exact) mass is 266 g/mol. The summed E-state index contributed by atoms with van der Waals surface area (Å²) in [5.41, 5.74) is 1.19. The number of methoxy groups -OCH3 is 1. The number of hydrogen-bond acceptors (Lipinski definition) is 4. The van der Waals surface area contributed by atoms with E-state index in [0.29, 0.717) is 13.1 Å². The zero-order valence-corrected chi connectivity index (χ0v) is 12.2. The summed E-state index contributed by atoms with van der Waals surface area (Å²) in [5.74, 6) is 0.871. The Morgan fingerprint density at radius 2 is 2.21 bits per heavy atom. The molecule has 2 N–H and O–H groups in total. The molecule has 1 unspecified atom stereocenters. The number of aliphatic hydroxyl groups is 1. The Bertz CT molecular complexity index is 358. The average molecular weight is 266 g/mol. The summed E-state index contributed by atoms with van der Waals surface area (Å²) < 4.78 is 5.21. The first-order valence-electron chi connectivity index (χ1n) is 6.86. The molecule has 0 amide bonds. The summed E-state index contributed by atoms with van der Waals surface area (Å²) in [6, 6.07) is 8.02. The normalized spacial score (nSPS) is 12.7. The minimum absolute atomic E-state index is 0.331. The van der Waals surface area contributed by atoms with Gasteiger partial charge in [-0.2, -0.15) is 0 Å². The molecular weight excluding hydrogens is 240 g/mol. The Morgan fingerprint density at radius 3 is 2.89 bits per heavy atom. The van der Waals surface area contributed by atoms with Crippen LogP contribution >= 0.6 is 0 Å². The molecule has 0 spiro atoms. The molecule has 1 aromatic rings. The second kappa shape index (κ2) is 8.91. The van der Waals surface area contributed by atoms with E-state index in [-0.39, 0.29) is 6.10 Å². The molecule has 0 bridgehead atoms. The number of nitrogens with zero attached hydrogens (tertiary/aromatic N) is 1. The van der Waals surface area contributed by atoms with Crippen molar-refractivity contribution in [3.63, 3.8) is 0 Å². The van der Waals surface area contributed by atoms with Crippen molar-refractivity contribution in [1.82, 2.24) is 10.2 Å². The van der Waals surface area contributed by atoms with Gasteiger partial charge in [0.15, 0.2) is 0 Å². The summed E-state index contributed by atoms with van der Waals surface area (Å²) in [7, 11) is 3.69. The number of hydrogen-bond donors (Lipinski definition) is 2. The van der Waals surface area contributed by atoms with Gasteiger partial charge in [0.25, 0.3) is 0 Å². The molecule has 0 radical (unpaired) electrons. The highest BCUT2D eigenvalue weighted by molar-refractivity contribution is 5.28. The lowest BCUT2D eigenvalue weighted by Crippen LogP contribution is -2.36. The van der Waals surface area contributed by atoms with Crippen molar-refractivity contribution in [2.45, 2.75) is 26.0 Å². The second-order valence-electron chi connectivity index (χ2n) is 4.91. The second-order valence-corrected chi connectivity index (χ2v) is 4.91. The van der Waals surface area contributed by atoms with E-state index in [9.17, 15) is 5.11 Å². The fourth-order valence-corrected chi connectivity index (χ4v) is 2.02. The van der Waals surface area contributed by atoms with Crippen molar-refractivity contribution in [1.29, 1.82) is 0 Å². The summed E-state index contributed by atoms with van der Waals surface area (Å²) in [4.78, 5) is 2.12. The largest absolute Gasteiger partial charge is 0.497 e. The van der Waals surface area contributed by atoms with E-state index in [1.807, 2.05) is 25.2 Å². The molecule has 0 aromatic heterocycles. The molecule has 0 fully saturated rings. The molecule has 108 valence electrons. The number of rotatable bonds is 9. The maximum absolute atomic E-state index is 9.90. The molecule has 1 aromatic carbocycles. The molecule has 1 atom stereocenters. The van der Waals surface area contributed by atoms with Crippen LogP contribution in [0.25, 0.3) is 0 Å². The van der Waals surface area contributed by atoms with E-state index in [1.165, 1.54) is 5.56 Å². The maximum atomic E-state index is 9.90.